The minimum atomic E-state index is 0.546. The van der Waals surface area contributed by atoms with E-state index >= 15 is 0 Å². The predicted molar refractivity (Wildman–Crippen MR) is 52.2 cm³/mol. The van der Waals surface area contributed by atoms with Crippen molar-refractivity contribution < 1.29 is 0 Å². The number of hydrogen-bond acceptors (Lipinski definition) is 2. The fourth-order valence-electron chi connectivity index (χ4n) is 1.42. The first kappa shape index (κ1) is 9.82. The molecular weight excluding hydrogens is 162 g/mol. The Morgan fingerprint density at radius 3 is 3.08 bits per heavy atom. The Balaban J connectivity index is 2.59. The molecule has 13 heavy (non-hydrogen) atoms. The molecule has 0 aromatic carbocycles. The molecule has 0 aliphatic carbocycles. The zero-order chi connectivity index (χ0) is 9.68. The minimum Gasteiger partial charge on any atom is -0.339 e. The van der Waals surface area contributed by atoms with Crippen LogP contribution in [-0.2, 0) is 6.54 Å². The largest absolute Gasteiger partial charge is 0.339 e. The van der Waals surface area contributed by atoms with Crippen LogP contribution >= 0.6 is 0 Å². The van der Waals surface area contributed by atoms with Crippen LogP contribution in [0.25, 0.3) is 0 Å². The molecule has 0 amide bonds. The second-order valence-corrected chi connectivity index (χ2v) is 3.32. The van der Waals surface area contributed by atoms with Crippen molar-refractivity contribution in [2.45, 2.75) is 13.5 Å². The molecule has 1 atom stereocenters. The highest BCUT2D eigenvalue weighted by atomic mass is 15.0. The molecule has 1 heterocycles. The van der Waals surface area contributed by atoms with Gasteiger partial charge in [0.25, 0.3) is 0 Å². The number of rotatable bonds is 4. The van der Waals surface area contributed by atoms with Crippen LogP contribution in [0.3, 0.4) is 0 Å². The zero-order valence-corrected chi connectivity index (χ0v) is 8.12. The van der Waals surface area contributed by atoms with Crippen molar-refractivity contribution in [3.05, 3.63) is 24.0 Å². The Bertz CT molecular complexity index is 295. The molecule has 3 heteroatoms. The van der Waals surface area contributed by atoms with Gasteiger partial charge in [0.15, 0.2) is 0 Å². The van der Waals surface area contributed by atoms with E-state index in [1.807, 2.05) is 29.9 Å². The van der Waals surface area contributed by atoms with E-state index in [-0.39, 0.29) is 0 Å². The number of nitriles is 1. The van der Waals surface area contributed by atoms with E-state index in [2.05, 4.69) is 18.3 Å². The molecule has 0 radical (unpaired) electrons. The average molecular weight is 177 g/mol. The van der Waals surface area contributed by atoms with Gasteiger partial charge in [-0.15, -0.1) is 0 Å². The van der Waals surface area contributed by atoms with Crippen LogP contribution in [0, 0.1) is 17.2 Å². The first-order valence-corrected chi connectivity index (χ1v) is 4.47. The van der Waals surface area contributed by atoms with Crippen molar-refractivity contribution in [1.82, 2.24) is 9.88 Å². The topological polar surface area (TPSA) is 40.8 Å². The Morgan fingerprint density at radius 1 is 1.69 bits per heavy atom. The van der Waals surface area contributed by atoms with Gasteiger partial charge in [0.2, 0.25) is 0 Å². The molecule has 1 N–H and O–H groups in total. The number of nitrogens with zero attached hydrogens (tertiary/aromatic N) is 2. The molecule has 1 aromatic rings. The van der Waals surface area contributed by atoms with E-state index in [1.54, 1.807) is 0 Å². The second-order valence-electron chi connectivity index (χ2n) is 3.32. The van der Waals surface area contributed by atoms with Crippen LogP contribution < -0.4 is 5.32 Å². The van der Waals surface area contributed by atoms with E-state index in [0.29, 0.717) is 5.92 Å². The standard InChI is InChI=1S/C10H15N3/c1-9(7-12-2)8-13-5-3-4-10(13)6-11/h3-5,9,12H,7-8H2,1-2H3. The van der Waals surface area contributed by atoms with Crippen molar-refractivity contribution in [3.8, 4) is 6.07 Å². The van der Waals surface area contributed by atoms with E-state index in [9.17, 15) is 0 Å². The van der Waals surface area contributed by atoms with Gasteiger partial charge in [-0.05, 0) is 31.6 Å². The summed E-state index contributed by atoms with van der Waals surface area (Å²) in [7, 11) is 1.94. The highest BCUT2D eigenvalue weighted by Crippen LogP contribution is 2.05. The maximum absolute atomic E-state index is 8.76. The molecule has 3 nitrogen and oxygen atoms in total. The van der Waals surface area contributed by atoms with Crippen molar-refractivity contribution in [2.24, 2.45) is 5.92 Å². The normalized spacial score (nSPS) is 12.4. The first-order chi connectivity index (χ1) is 6.27. The summed E-state index contributed by atoms with van der Waals surface area (Å²) in [5.74, 6) is 0.546. The van der Waals surface area contributed by atoms with Crippen LogP contribution in [0.5, 0.6) is 0 Å². The fourth-order valence-corrected chi connectivity index (χ4v) is 1.42. The van der Waals surface area contributed by atoms with Crippen molar-refractivity contribution >= 4 is 0 Å². The molecule has 1 unspecified atom stereocenters. The van der Waals surface area contributed by atoms with Crippen LogP contribution in [0.2, 0.25) is 0 Å². The molecule has 0 saturated carbocycles. The Labute approximate surface area is 79.0 Å². The third-order valence-corrected chi connectivity index (χ3v) is 2.01. The van der Waals surface area contributed by atoms with E-state index in [1.165, 1.54) is 0 Å². The maximum Gasteiger partial charge on any atom is 0.120 e. The molecule has 0 aliphatic rings. The van der Waals surface area contributed by atoms with Crippen molar-refractivity contribution in [3.63, 3.8) is 0 Å². The third-order valence-electron chi connectivity index (χ3n) is 2.01. The quantitative estimate of drug-likeness (QED) is 0.751. The lowest BCUT2D eigenvalue weighted by Gasteiger charge is -2.12. The van der Waals surface area contributed by atoms with Crippen LogP contribution in [0.15, 0.2) is 18.3 Å². The molecule has 0 aliphatic heterocycles. The summed E-state index contributed by atoms with van der Waals surface area (Å²) in [5.41, 5.74) is 0.739. The molecule has 70 valence electrons. The summed E-state index contributed by atoms with van der Waals surface area (Å²) in [6.07, 6.45) is 1.95. The molecule has 0 fully saturated rings. The van der Waals surface area contributed by atoms with Crippen LogP contribution in [0.1, 0.15) is 12.6 Å². The molecule has 1 rings (SSSR count). The van der Waals surface area contributed by atoms with Gasteiger partial charge in [-0.1, -0.05) is 6.92 Å². The molecular formula is C10H15N3. The maximum atomic E-state index is 8.76. The van der Waals surface area contributed by atoms with Gasteiger partial charge < -0.3 is 9.88 Å². The lowest BCUT2D eigenvalue weighted by molar-refractivity contribution is 0.461. The van der Waals surface area contributed by atoms with E-state index < -0.39 is 0 Å². The zero-order valence-electron chi connectivity index (χ0n) is 8.12. The fraction of sp³-hybridized carbons (Fsp3) is 0.500. The highest BCUT2D eigenvalue weighted by Gasteiger charge is 2.04. The summed E-state index contributed by atoms with van der Waals surface area (Å²) in [6.45, 7) is 4.04. The predicted octanol–water partition coefficient (Wildman–Crippen LogP) is 1.22. The lowest BCUT2D eigenvalue weighted by atomic mass is 10.2. The third kappa shape index (κ3) is 2.60. The number of nitrogens with one attached hydrogen (secondary N) is 1. The Kier molecular flexibility index (Phi) is 3.53. The first-order valence-electron chi connectivity index (χ1n) is 4.47. The van der Waals surface area contributed by atoms with E-state index in [4.69, 9.17) is 5.26 Å². The number of hydrogen-bond donors (Lipinski definition) is 1. The second kappa shape index (κ2) is 4.68. The molecule has 1 aromatic heterocycles. The summed E-state index contributed by atoms with van der Waals surface area (Å²) in [4.78, 5) is 0. The van der Waals surface area contributed by atoms with Gasteiger partial charge in [0, 0.05) is 12.7 Å². The van der Waals surface area contributed by atoms with Gasteiger partial charge in [-0.3, -0.25) is 0 Å². The summed E-state index contributed by atoms with van der Waals surface area (Å²) in [6, 6.07) is 5.91. The van der Waals surface area contributed by atoms with Gasteiger partial charge in [-0.25, -0.2) is 0 Å². The highest BCUT2D eigenvalue weighted by molar-refractivity contribution is 5.21. The minimum absolute atomic E-state index is 0.546. The summed E-state index contributed by atoms with van der Waals surface area (Å²) >= 11 is 0. The van der Waals surface area contributed by atoms with Gasteiger partial charge in [-0.2, -0.15) is 5.26 Å². The van der Waals surface area contributed by atoms with Gasteiger partial charge in [0.05, 0.1) is 0 Å². The van der Waals surface area contributed by atoms with Gasteiger partial charge in [0.1, 0.15) is 11.8 Å². The molecule has 0 bridgehead atoms. The number of aromatic nitrogens is 1. The molecule has 0 spiro atoms. The van der Waals surface area contributed by atoms with Crippen LogP contribution in [0.4, 0.5) is 0 Å². The SMILES string of the molecule is CNCC(C)Cn1cccc1C#N. The summed E-state index contributed by atoms with van der Waals surface area (Å²) in [5, 5.41) is 11.9. The van der Waals surface area contributed by atoms with Crippen molar-refractivity contribution in [1.29, 1.82) is 5.26 Å². The smallest absolute Gasteiger partial charge is 0.120 e. The molecule has 0 saturated heterocycles. The van der Waals surface area contributed by atoms with E-state index in [0.717, 1.165) is 18.8 Å². The van der Waals surface area contributed by atoms with Crippen molar-refractivity contribution in [2.75, 3.05) is 13.6 Å². The lowest BCUT2D eigenvalue weighted by Crippen LogP contribution is -2.20. The Morgan fingerprint density at radius 2 is 2.46 bits per heavy atom. The monoisotopic (exact) mass is 177 g/mol. The van der Waals surface area contributed by atoms with Crippen LogP contribution in [-0.4, -0.2) is 18.2 Å². The van der Waals surface area contributed by atoms with Gasteiger partial charge >= 0.3 is 0 Å². The Hall–Kier alpha value is -1.27. The average Bonchev–Trinajstić information content (AvgIpc) is 2.52. The summed E-state index contributed by atoms with van der Waals surface area (Å²) < 4.78 is 1.99.